The van der Waals surface area contributed by atoms with E-state index in [1.165, 1.54) is 19.8 Å². The number of rotatable bonds is 2. The highest BCUT2D eigenvalue weighted by molar-refractivity contribution is 9.11. The number of carbonyl (C=O) groups is 1. The second kappa shape index (κ2) is 7.14. The van der Waals surface area contributed by atoms with Crippen molar-refractivity contribution < 1.29 is 9.53 Å². The largest absolute Gasteiger partial charge is 0.444 e. The summed E-state index contributed by atoms with van der Waals surface area (Å²) in [6.45, 7) is 14.1. The van der Waals surface area contributed by atoms with Gasteiger partial charge in [0.25, 0.3) is 0 Å². The number of thiophene rings is 1. The van der Waals surface area contributed by atoms with Gasteiger partial charge in [-0.2, -0.15) is 0 Å². The normalized spacial score (nSPS) is 18.1. The Hall–Kier alpha value is -0.550. The van der Waals surface area contributed by atoms with Crippen LogP contribution in [0.1, 0.15) is 62.5 Å². The molecular formula is C18H28BrNO2S. The van der Waals surface area contributed by atoms with Gasteiger partial charge in [-0.1, -0.05) is 6.92 Å². The minimum atomic E-state index is -0.418. The van der Waals surface area contributed by atoms with Gasteiger partial charge in [0.2, 0.25) is 0 Å². The van der Waals surface area contributed by atoms with Gasteiger partial charge in [0.1, 0.15) is 5.60 Å². The van der Waals surface area contributed by atoms with Crippen molar-refractivity contribution in [3.63, 3.8) is 0 Å². The molecule has 1 fully saturated rings. The molecule has 3 nitrogen and oxygen atoms in total. The van der Waals surface area contributed by atoms with Crippen LogP contribution in [0.4, 0.5) is 4.79 Å². The zero-order valence-corrected chi connectivity index (χ0v) is 17.4. The second-order valence-electron chi connectivity index (χ2n) is 7.58. The first-order valence-corrected chi connectivity index (χ1v) is 9.94. The summed E-state index contributed by atoms with van der Waals surface area (Å²) in [5, 5.41) is 0. The van der Waals surface area contributed by atoms with Crippen LogP contribution in [-0.4, -0.2) is 29.7 Å². The lowest BCUT2D eigenvalue weighted by atomic mass is 9.83. The third-order valence-electron chi connectivity index (χ3n) is 4.74. The molecule has 2 rings (SSSR count). The fourth-order valence-corrected chi connectivity index (χ4v) is 5.14. The van der Waals surface area contributed by atoms with Gasteiger partial charge in [-0.25, -0.2) is 4.79 Å². The van der Waals surface area contributed by atoms with Gasteiger partial charge < -0.3 is 9.64 Å². The third-order valence-corrected chi connectivity index (χ3v) is 7.20. The quantitative estimate of drug-likeness (QED) is 0.618. The van der Waals surface area contributed by atoms with E-state index in [1.807, 2.05) is 37.0 Å². The van der Waals surface area contributed by atoms with Crippen molar-refractivity contribution in [1.82, 2.24) is 4.90 Å². The molecule has 1 aromatic rings. The SMILES string of the molecule is Cc1c(Br)sc([C@H](C)C2CCN(C(=O)OC(C)(C)C)CC2)c1C. The van der Waals surface area contributed by atoms with Crippen molar-refractivity contribution in [2.75, 3.05) is 13.1 Å². The summed E-state index contributed by atoms with van der Waals surface area (Å²) in [6, 6.07) is 0. The first kappa shape index (κ1) is 18.8. The Morgan fingerprint density at radius 1 is 1.26 bits per heavy atom. The molecule has 2 heterocycles. The highest BCUT2D eigenvalue weighted by Crippen LogP contribution is 2.41. The molecule has 0 aromatic carbocycles. The molecular weight excluding hydrogens is 374 g/mol. The molecule has 5 heteroatoms. The lowest BCUT2D eigenvalue weighted by molar-refractivity contribution is 0.0176. The number of hydrogen-bond acceptors (Lipinski definition) is 3. The van der Waals surface area contributed by atoms with Crippen molar-refractivity contribution in [2.24, 2.45) is 5.92 Å². The van der Waals surface area contributed by atoms with Crippen molar-refractivity contribution in [1.29, 1.82) is 0 Å². The smallest absolute Gasteiger partial charge is 0.410 e. The van der Waals surface area contributed by atoms with E-state index in [4.69, 9.17) is 4.74 Å². The third kappa shape index (κ3) is 4.50. The van der Waals surface area contributed by atoms with Gasteiger partial charge in [0, 0.05) is 18.0 Å². The van der Waals surface area contributed by atoms with Crippen LogP contribution >= 0.6 is 27.3 Å². The number of piperidine rings is 1. The van der Waals surface area contributed by atoms with Crippen LogP contribution < -0.4 is 0 Å². The van der Waals surface area contributed by atoms with Gasteiger partial charge in [0.15, 0.2) is 0 Å². The Bertz CT molecular complexity index is 568. The van der Waals surface area contributed by atoms with Crippen LogP contribution in [0, 0.1) is 19.8 Å². The van der Waals surface area contributed by atoms with Crippen molar-refractivity contribution in [2.45, 2.75) is 65.9 Å². The summed E-state index contributed by atoms with van der Waals surface area (Å²) in [5.74, 6) is 1.18. The molecule has 130 valence electrons. The summed E-state index contributed by atoms with van der Waals surface area (Å²) < 4.78 is 6.73. The van der Waals surface area contributed by atoms with E-state index >= 15 is 0 Å². The summed E-state index contributed by atoms with van der Waals surface area (Å²) in [7, 11) is 0. The maximum Gasteiger partial charge on any atom is 0.410 e. The van der Waals surface area contributed by atoms with E-state index in [0.717, 1.165) is 25.9 Å². The maximum absolute atomic E-state index is 12.2. The van der Waals surface area contributed by atoms with Crippen LogP contribution in [-0.2, 0) is 4.74 Å². The summed E-state index contributed by atoms with van der Waals surface area (Å²) in [4.78, 5) is 15.5. The van der Waals surface area contributed by atoms with E-state index in [2.05, 4.69) is 36.7 Å². The minimum absolute atomic E-state index is 0.172. The van der Waals surface area contributed by atoms with Crippen molar-refractivity contribution in [3.8, 4) is 0 Å². The van der Waals surface area contributed by atoms with E-state index in [0.29, 0.717) is 11.8 Å². The molecule has 0 aliphatic carbocycles. The van der Waals surface area contributed by atoms with Crippen LogP contribution in [0.15, 0.2) is 3.79 Å². The highest BCUT2D eigenvalue weighted by Gasteiger charge is 2.31. The zero-order valence-electron chi connectivity index (χ0n) is 15.0. The molecule has 0 saturated carbocycles. The predicted molar refractivity (Wildman–Crippen MR) is 100 cm³/mol. The Balaban J connectivity index is 1.96. The van der Waals surface area contributed by atoms with Crippen LogP contribution in [0.3, 0.4) is 0 Å². The number of nitrogens with zero attached hydrogens (tertiary/aromatic N) is 1. The van der Waals surface area contributed by atoms with Gasteiger partial charge in [-0.05, 0) is 86.4 Å². The standard InChI is InChI=1S/C18H28BrNO2S/c1-11-12(2)16(19)23-15(11)13(3)14-7-9-20(10-8-14)17(21)22-18(4,5)6/h13-14H,7-10H2,1-6H3/t13-/m1/s1. The maximum atomic E-state index is 12.2. The molecule has 1 aromatic heterocycles. The van der Waals surface area contributed by atoms with E-state index in [1.54, 1.807) is 0 Å². The first-order chi connectivity index (χ1) is 10.6. The van der Waals surface area contributed by atoms with Crippen molar-refractivity contribution >= 4 is 33.4 Å². The number of halogens is 1. The average Bonchev–Trinajstić information content (AvgIpc) is 2.72. The molecule has 0 N–H and O–H groups in total. The number of carbonyl (C=O) groups excluding carboxylic acids is 1. The lowest BCUT2D eigenvalue weighted by Crippen LogP contribution is -2.42. The molecule has 0 unspecified atom stereocenters. The number of likely N-dealkylation sites (tertiary alicyclic amines) is 1. The number of hydrogen-bond donors (Lipinski definition) is 0. The molecule has 1 aliphatic rings. The van der Waals surface area contributed by atoms with Gasteiger partial charge in [0.05, 0.1) is 3.79 Å². The zero-order chi connectivity index (χ0) is 17.4. The van der Waals surface area contributed by atoms with E-state index in [9.17, 15) is 4.79 Å². The molecule has 1 atom stereocenters. The Kier molecular flexibility index (Phi) is 5.83. The predicted octanol–water partition coefficient (Wildman–Crippen LogP) is 5.88. The Labute approximate surface area is 152 Å². The van der Waals surface area contributed by atoms with Crippen LogP contribution in [0.2, 0.25) is 0 Å². The lowest BCUT2D eigenvalue weighted by Gasteiger charge is -2.35. The molecule has 23 heavy (non-hydrogen) atoms. The Morgan fingerprint density at radius 3 is 2.26 bits per heavy atom. The summed E-state index contributed by atoms with van der Waals surface area (Å²) >= 11 is 5.53. The molecule has 0 spiro atoms. The summed E-state index contributed by atoms with van der Waals surface area (Å²) in [5.41, 5.74) is 2.37. The second-order valence-corrected chi connectivity index (χ2v) is 9.95. The van der Waals surface area contributed by atoms with E-state index in [-0.39, 0.29) is 6.09 Å². The monoisotopic (exact) mass is 401 g/mol. The van der Waals surface area contributed by atoms with Gasteiger partial charge in [-0.3, -0.25) is 0 Å². The number of ether oxygens (including phenoxy) is 1. The molecule has 1 amide bonds. The topological polar surface area (TPSA) is 29.5 Å². The van der Waals surface area contributed by atoms with E-state index < -0.39 is 5.60 Å². The Morgan fingerprint density at radius 2 is 1.83 bits per heavy atom. The molecule has 0 radical (unpaired) electrons. The van der Waals surface area contributed by atoms with Gasteiger partial charge in [-0.15, -0.1) is 11.3 Å². The van der Waals surface area contributed by atoms with Crippen LogP contribution in [0.5, 0.6) is 0 Å². The minimum Gasteiger partial charge on any atom is -0.444 e. The highest BCUT2D eigenvalue weighted by atomic mass is 79.9. The van der Waals surface area contributed by atoms with Crippen molar-refractivity contribution in [3.05, 3.63) is 19.8 Å². The number of amides is 1. The fourth-order valence-electron chi connectivity index (χ4n) is 3.14. The van der Waals surface area contributed by atoms with Gasteiger partial charge >= 0.3 is 6.09 Å². The fraction of sp³-hybridized carbons (Fsp3) is 0.722. The first-order valence-electron chi connectivity index (χ1n) is 8.33. The molecule has 1 aliphatic heterocycles. The average molecular weight is 402 g/mol. The van der Waals surface area contributed by atoms with Crippen LogP contribution in [0.25, 0.3) is 0 Å². The summed E-state index contributed by atoms with van der Waals surface area (Å²) in [6.07, 6.45) is 1.93. The molecule has 1 saturated heterocycles. The molecule has 0 bridgehead atoms.